The van der Waals surface area contributed by atoms with Gasteiger partial charge in [-0.1, -0.05) is 12.1 Å². The number of aromatic nitrogens is 2. The van der Waals surface area contributed by atoms with Crippen LogP contribution in [-0.2, 0) is 0 Å². The molecule has 0 bridgehead atoms. The number of aromatic carboxylic acids is 1. The van der Waals surface area contributed by atoms with Crippen LogP contribution in [0.5, 0.6) is 0 Å². The number of aryl methyl sites for hydroxylation is 1. The molecule has 100 valence electrons. The lowest BCUT2D eigenvalue weighted by molar-refractivity contribution is 0.0693. The third kappa shape index (κ3) is 2.36. The highest BCUT2D eigenvalue weighted by molar-refractivity contribution is 5.96. The van der Waals surface area contributed by atoms with E-state index in [1.165, 1.54) is 6.07 Å². The fourth-order valence-electron chi connectivity index (χ4n) is 1.98. The quantitative estimate of drug-likeness (QED) is 0.923. The number of carboxylic acid groups (broad SMARTS) is 1. The van der Waals surface area contributed by atoms with Crippen molar-refractivity contribution < 1.29 is 14.3 Å². The van der Waals surface area contributed by atoms with E-state index in [0.717, 1.165) is 6.07 Å². The first-order valence-electron chi connectivity index (χ1n) is 5.99. The Kier molecular flexibility index (Phi) is 3.38. The van der Waals surface area contributed by atoms with Gasteiger partial charge in [-0.05, 0) is 26.8 Å². The zero-order valence-corrected chi connectivity index (χ0v) is 11.0. The maximum atomic E-state index is 13.7. The molecule has 0 unspecified atom stereocenters. The predicted molar refractivity (Wildman–Crippen MR) is 69.7 cm³/mol. The van der Waals surface area contributed by atoms with E-state index in [1.807, 2.05) is 13.8 Å². The largest absolute Gasteiger partial charge is 0.478 e. The lowest BCUT2D eigenvalue weighted by Gasteiger charge is -2.06. The minimum absolute atomic E-state index is 0.161. The van der Waals surface area contributed by atoms with E-state index in [9.17, 15) is 9.18 Å². The van der Waals surface area contributed by atoms with Crippen LogP contribution in [0.15, 0.2) is 24.4 Å². The maximum absolute atomic E-state index is 13.7. The molecule has 0 radical (unpaired) electrons. The summed E-state index contributed by atoms with van der Waals surface area (Å²) in [6.45, 7) is 5.73. The standard InChI is InChI=1S/C14H15FN2O2/c1-8(2)17-7-11(9(3)16-17)10-5-4-6-12(15)13(10)14(18)19/h4-8H,1-3H3,(H,18,19). The average molecular weight is 262 g/mol. The Balaban J connectivity index is 2.65. The van der Waals surface area contributed by atoms with Crippen molar-refractivity contribution in [2.75, 3.05) is 0 Å². The molecule has 1 heterocycles. The Morgan fingerprint density at radius 2 is 2.05 bits per heavy atom. The van der Waals surface area contributed by atoms with E-state index < -0.39 is 11.8 Å². The number of rotatable bonds is 3. The molecule has 0 saturated heterocycles. The number of benzene rings is 1. The van der Waals surface area contributed by atoms with Gasteiger partial charge in [0.05, 0.1) is 5.69 Å². The molecule has 1 aromatic carbocycles. The first kappa shape index (κ1) is 13.3. The summed E-state index contributed by atoms with van der Waals surface area (Å²) < 4.78 is 15.4. The highest BCUT2D eigenvalue weighted by atomic mass is 19.1. The Bertz CT molecular complexity index is 632. The van der Waals surface area contributed by atoms with Gasteiger partial charge >= 0.3 is 5.97 Å². The summed E-state index contributed by atoms with van der Waals surface area (Å²) in [5.74, 6) is -2.01. The predicted octanol–water partition coefficient (Wildman–Crippen LogP) is 3.28. The topological polar surface area (TPSA) is 55.1 Å². The molecule has 0 atom stereocenters. The van der Waals surface area contributed by atoms with Gasteiger partial charge in [0, 0.05) is 23.4 Å². The van der Waals surface area contributed by atoms with Crippen LogP contribution in [0.1, 0.15) is 35.9 Å². The molecule has 2 rings (SSSR count). The molecule has 0 amide bonds. The van der Waals surface area contributed by atoms with Crippen molar-refractivity contribution in [2.24, 2.45) is 0 Å². The van der Waals surface area contributed by atoms with E-state index in [1.54, 1.807) is 23.9 Å². The number of nitrogens with zero attached hydrogens (tertiary/aromatic N) is 2. The minimum atomic E-state index is -1.27. The summed E-state index contributed by atoms with van der Waals surface area (Å²) in [6.07, 6.45) is 1.75. The lowest BCUT2D eigenvalue weighted by Crippen LogP contribution is -2.03. The van der Waals surface area contributed by atoms with Gasteiger partial charge in [0.1, 0.15) is 11.4 Å². The average Bonchev–Trinajstić information content (AvgIpc) is 2.70. The fraction of sp³-hybridized carbons (Fsp3) is 0.286. The van der Waals surface area contributed by atoms with E-state index in [2.05, 4.69) is 5.10 Å². The Labute approximate surface area is 110 Å². The van der Waals surface area contributed by atoms with Gasteiger partial charge in [0.2, 0.25) is 0 Å². The molecule has 0 saturated carbocycles. The van der Waals surface area contributed by atoms with Gasteiger partial charge in [0.15, 0.2) is 0 Å². The Hall–Kier alpha value is -2.17. The summed E-state index contributed by atoms with van der Waals surface area (Å²) in [7, 11) is 0. The molecular formula is C14H15FN2O2. The van der Waals surface area contributed by atoms with Crippen LogP contribution in [-0.4, -0.2) is 20.9 Å². The summed E-state index contributed by atoms with van der Waals surface area (Å²) >= 11 is 0. The van der Waals surface area contributed by atoms with Crippen molar-refractivity contribution in [3.05, 3.63) is 41.5 Å². The first-order chi connectivity index (χ1) is 8.91. The van der Waals surface area contributed by atoms with Gasteiger partial charge in [-0.2, -0.15) is 5.10 Å². The summed E-state index contributed by atoms with van der Waals surface area (Å²) in [4.78, 5) is 11.2. The highest BCUT2D eigenvalue weighted by Gasteiger charge is 2.19. The summed E-state index contributed by atoms with van der Waals surface area (Å²) in [6, 6.07) is 4.41. The van der Waals surface area contributed by atoms with Gasteiger partial charge in [0.25, 0.3) is 0 Å². The van der Waals surface area contributed by atoms with Crippen LogP contribution in [0.25, 0.3) is 11.1 Å². The molecule has 1 N–H and O–H groups in total. The van der Waals surface area contributed by atoms with Crippen molar-refractivity contribution >= 4 is 5.97 Å². The highest BCUT2D eigenvalue weighted by Crippen LogP contribution is 2.28. The van der Waals surface area contributed by atoms with Crippen molar-refractivity contribution in [3.8, 4) is 11.1 Å². The van der Waals surface area contributed by atoms with E-state index in [4.69, 9.17) is 5.11 Å². The van der Waals surface area contributed by atoms with E-state index in [-0.39, 0.29) is 11.6 Å². The number of halogens is 1. The van der Waals surface area contributed by atoms with Gasteiger partial charge < -0.3 is 5.11 Å². The number of carbonyl (C=O) groups is 1. The first-order valence-corrected chi connectivity index (χ1v) is 5.99. The third-order valence-corrected chi connectivity index (χ3v) is 2.96. The number of hydrogen-bond donors (Lipinski definition) is 1. The zero-order chi connectivity index (χ0) is 14.2. The van der Waals surface area contributed by atoms with Crippen molar-refractivity contribution in [2.45, 2.75) is 26.8 Å². The lowest BCUT2D eigenvalue weighted by atomic mass is 10.00. The molecule has 0 spiro atoms. The Morgan fingerprint density at radius 1 is 1.37 bits per heavy atom. The molecule has 0 aliphatic heterocycles. The van der Waals surface area contributed by atoms with Gasteiger partial charge in [-0.15, -0.1) is 0 Å². The molecule has 1 aromatic heterocycles. The van der Waals surface area contributed by atoms with Crippen LogP contribution in [0.3, 0.4) is 0 Å². The van der Waals surface area contributed by atoms with Crippen LogP contribution < -0.4 is 0 Å². The normalized spacial score (nSPS) is 11.0. The van der Waals surface area contributed by atoms with Crippen LogP contribution in [0.4, 0.5) is 4.39 Å². The molecule has 0 fully saturated rings. The Morgan fingerprint density at radius 3 is 2.58 bits per heavy atom. The van der Waals surface area contributed by atoms with Crippen LogP contribution >= 0.6 is 0 Å². The fourth-order valence-corrected chi connectivity index (χ4v) is 1.98. The van der Waals surface area contributed by atoms with Crippen LogP contribution in [0, 0.1) is 12.7 Å². The second-order valence-electron chi connectivity index (χ2n) is 4.67. The molecule has 19 heavy (non-hydrogen) atoms. The number of carboxylic acids is 1. The van der Waals surface area contributed by atoms with E-state index in [0.29, 0.717) is 16.8 Å². The molecule has 4 nitrogen and oxygen atoms in total. The second kappa shape index (κ2) is 4.84. The molecule has 0 aliphatic carbocycles. The van der Waals surface area contributed by atoms with Crippen molar-refractivity contribution in [3.63, 3.8) is 0 Å². The smallest absolute Gasteiger partial charge is 0.339 e. The minimum Gasteiger partial charge on any atom is -0.478 e. The molecule has 5 heteroatoms. The maximum Gasteiger partial charge on any atom is 0.339 e. The summed E-state index contributed by atoms with van der Waals surface area (Å²) in [5, 5.41) is 13.5. The van der Waals surface area contributed by atoms with Crippen LogP contribution in [0.2, 0.25) is 0 Å². The van der Waals surface area contributed by atoms with Crippen molar-refractivity contribution in [1.29, 1.82) is 0 Å². The SMILES string of the molecule is Cc1nn(C(C)C)cc1-c1cccc(F)c1C(=O)O. The second-order valence-corrected chi connectivity index (χ2v) is 4.67. The van der Waals surface area contributed by atoms with Gasteiger partial charge in [-0.25, -0.2) is 9.18 Å². The number of hydrogen-bond acceptors (Lipinski definition) is 2. The summed E-state index contributed by atoms with van der Waals surface area (Å²) in [5.41, 5.74) is 1.37. The molecular weight excluding hydrogens is 247 g/mol. The monoisotopic (exact) mass is 262 g/mol. The molecule has 2 aromatic rings. The third-order valence-electron chi connectivity index (χ3n) is 2.96. The molecule has 0 aliphatic rings. The van der Waals surface area contributed by atoms with Crippen molar-refractivity contribution in [1.82, 2.24) is 9.78 Å². The zero-order valence-electron chi connectivity index (χ0n) is 11.0. The van der Waals surface area contributed by atoms with E-state index >= 15 is 0 Å². The van der Waals surface area contributed by atoms with Gasteiger partial charge in [-0.3, -0.25) is 4.68 Å².